The predicted octanol–water partition coefficient (Wildman–Crippen LogP) is 3.85. The molecule has 0 bridgehead atoms. The van der Waals surface area contributed by atoms with Crippen LogP contribution in [0.4, 0.5) is 0 Å². The maximum absolute atomic E-state index is 9.08. The van der Waals surface area contributed by atoms with Gasteiger partial charge in [-0.25, -0.2) is 0 Å². The van der Waals surface area contributed by atoms with E-state index in [9.17, 15) is 0 Å². The van der Waals surface area contributed by atoms with Crippen LogP contribution in [0.2, 0.25) is 10.0 Å². The Kier molecular flexibility index (Phi) is 6.34. The van der Waals surface area contributed by atoms with E-state index in [1.807, 2.05) is 0 Å². The number of benzene rings is 1. The summed E-state index contributed by atoms with van der Waals surface area (Å²) in [4.78, 5) is 2.65. The number of azide groups is 1. The predicted molar refractivity (Wildman–Crippen MR) is 71.4 cm³/mol. The zero-order chi connectivity index (χ0) is 13.4. The van der Waals surface area contributed by atoms with Crippen molar-refractivity contribution in [3.8, 4) is 6.07 Å². The minimum atomic E-state index is -0.479. The van der Waals surface area contributed by atoms with Gasteiger partial charge in [0.25, 0.3) is 0 Å². The minimum absolute atomic E-state index is 0.401. The van der Waals surface area contributed by atoms with Crippen LogP contribution in [-0.4, -0.2) is 13.1 Å². The highest BCUT2D eigenvalue weighted by molar-refractivity contribution is 6.34. The van der Waals surface area contributed by atoms with E-state index in [2.05, 4.69) is 21.4 Å². The fraction of sp³-hybridized carbons (Fsp3) is 0.364. The molecule has 18 heavy (non-hydrogen) atoms. The van der Waals surface area contributed by atoms with E-state index in [1.165, 1.54) is 0 Å². The average Bonchev–Trinajstić information content (AvgIpc) is 2.32. The number of rotatable bonds is 6. The van der Waals surface area contributed by atoms with Gasteiger partial charge in [-0.15, -0.1) is 0 Å². The van der Waals surface area contributed by atoms with Crippen molar-refractivity contribution in [1.82, 2.24) is 5.32 Å². The summed E-state index contributed by atoms with van der Waals surface area (Å²) in [5.74, 6) is 0. The molecule has 1 aromatic rings. The van der Waals surface area contributed by atoms with Crippen LogP contribution in [0.15, 0.2) is 23.3 Å². The molecule has 7 heteroatoms. The maximum atomic E-state index is 9.08. The summed E-state index contributed by atoms with van der Waals surface area (Å²) in [5.41, 5.74) is 8.84. The highest BCUT2D eigenvalue weighted by atomic mass is 35.5. The lowest BCUT2D eigenvalue weighted by Crippen LogP contribution is -2.21. The first-order chi connectivity index (χ1) is 8.67. The van der Waals surface area contributed by atoms with Gasteiger partial charge in [0.05, 0.1) is 6.07 Å². The van der Waals surface area contributed by atoms with E-state index in [0.717, 1.165) is 5.56 Å². The molecule has 1 rings (SSSR count). The largest absolute Gasteiger partial charge is 0.298 e. The first kappa shape index (κ1) is 14.6. The molecule has 1 aromatic carbocycles. The van der Waals surface area contributed by atoms with Gasteiger partial charge in [-0.3, -0.25) is 5.32 Å². The second-order valence-corrected chi connectivity index (χ2v) is 4.40. The number of nitrogens with one attached hydrogen (secondary N) is 1. The van der Waals surface area contributed by atoms with Gasteiger partial charge in [-0.1, -0.05) is 28.3 Å². The second kappa shape index (κ2) is 7.80. The van der Waals surface area contributed by atoms with Gasteiger partial charge in [0.15, 0.2) is 0 Å². The van der Waals surface area contributed by atoms with Crippen LogP contribution in [0, 0.1) is 11.3 Å². The molecule has 94 valence electrons. The third kappa shape index (κ3) is 4.82. The second-order valence-electron chi connectivity index (χ2n) is 3.53. The number of nitriles is 1. The Labute approximate surface area is 115 Å². The molecule has 0 aliphatic heterocycles. The van der Waals surface area contributed by atoms with Crippen molar-refractivity contribution in [2.24, 2.45) is 5.11 Å². The number of hydrogen-bond acceptors (Lipinski definition) is 3. The molecule has 1 atom stereocenters. The molecule has 1 N–H and O–H groups in total. The van der Waals surface area contributed by atoms with Crippen molar-refractivity contribution >= 4 is 23.2 Å². The quantitative estimate of drug-likeness (QED) is 0.372. The molecule has 5 nitrogen and oxygen atoms in total. The fourth-order valence-electron chi connectivity index (χ4n) is 1.42. The van der Waals surface area contributed by atoms with Crippen molar-refractivity contribution in [1.29, 1.82) is 5.26 Å². The monoisotopic (exact) mass is 283 g/mol. The van der Waals surface area contributed by atoms with Crippen LogP contribution in [0.5, 0.6) is 0 Å². The van der Waals surface area contributed by atoms with Gasteiger partial charge in [0.1, 0.15) is 6.04 Å². The molecule has 0 radical (unpaired) electrons. The van der Waals surface area contributed by atoms with Crippen LogP contribution in [0.3, 0.4) is 0 Å². The number of nitrogens with zero attached hydrogens (tertiary/aromatic N) is 4. The highest BCUT2D eigenvalue weighted by Crippen LogP contribution is 2.23. The summed E-state index contributed by atoms with van der Waals surface area (Å²) in [7, 11) is 0. The van der Waals surface area contributed by atoms with Crippen LogP contribution < -0.4 is 5.32 Å². The lowest BCUT2D eigenvalue weighted by Gasteiger charge is -2.12. The molecule has 0 aliphatic carbocycles. The Morgan fingerprint density at radius 3 is 2.61 bits per heavy atom. The Hall–Kier alpha value is -1.44. The molecule has 0 saturated heterocycles. The van der Waals surface area contributed by atoms with E-state index in [-0.39, 0.29) is 0 Å². The molecule has 1 unspecified atom stereocenters. The summed E-state index contributed by atoms with van der Waals surface area (Å²) in [6.45, 7) is 0.972. The van der Waals surface area contributed by atoms with Crippen LogP contribution >= 0.6 is 23.2 Å². The molecular weight excluding hydrogens is 273 g/mol. The highest BCUT2D eigenvalue weighted by Gasteiger charge is 2.10. The molecule has 0 aromatic heterocycles. The Morgan fingerprint density at radius 1 is 1.39 bits per heavy atom. The Morgan fingerprint density at radius 2 is 2.06 bits per heavy atom. The molecule has 0 heterocycles. The van der Waals surface area contributed by atoms with Crippen LogP contribution in [0.1, 0.15) is 18.0 Å². The zero-order valence-corrected chi connectivity index (χ0v) is 11.0. The van der Waals surface area contributed by atoms with E-state index in [4.69, 9.17) is 34.0 Å². The van der Waals surface area contributed by atoms with E-state index < -0.39 is 6.04 Å². The summed E-state index contributed by atoms with van der Waals surface area (Å²) in [6.07, 6.45) is 0.663. The first-order valence-corrected chi connectivity index (χ1v) is 6.03. The van der Waals surface area contributed by atoms with Crippen molar-refractivity contribution in [2.75, 3.05) is 13.1 Å². The van der Waals surface area contributed by atoms with Crippen LogP contribution in [0.25, 0.3) is 10.4 Å². The molecule has 0 saturated carbocycles. The summed E-state index contributed by atoms with van der Waals surface area (Å²) in [5, 5.41) is 16.5. The van der Waals surface area contributed by atoms with E-state index in [1.54, 1.807) is 18.2 Å². The van der Waals surface area contributed by atoms with E-state index in [0.29, 0.717) is 29.6 Å². The van der Waals surface area contributed by atoms with Gasteiger partial charge in [0, 0.05) is 21.5 Å². The maximum Gasteiger partial charge on any atom is 0.121 e. The number of hydrogen-bond donors (Lipinski definition) is 1. The molecule has 0 aliphatic rings. The average molecular weight is 284 g/mol. The smallest absolute Gasteiger partial charge is 0.121 e. The van der Waals surface area contributed by atoms with E-state index >= 15 is 0 Å². The molecule has 0 fully saturated rings. The fourth-order valence-corrected chi connectivity index (χ4v) is 1.96. The van der Waals surface area contributed by atoms with Crippen molar-refractivity contribution < 1.29 is 0 Å². The SMILES string of the molecule is N#CC(NCCCN=[N+]=[N-])c1cc(Cl)cc(Cl)c1. The summed E-state index contributed by atoms with van der Waals surface area (Å²) >= 11 is 11.8. The minimum Gasteiger partial charge on any atom is -0.298 e. The first-order valence-electron chi connectivity index (χ1n) is 5.27. The Balaban J connectivity index is 2.60. The molecular formula is C11H11Cl2N5. The standard InChI is InChI=1S/C11H11Cl2N5/c12-9-4-8(5-10(13)6-9)11(7-14)16-2-1-3-17-18-15/h4-6,11,16H,1-3H2. The van der Waals surface area contributed by atoms with Crippen molar-refractivity contribution in [3.63, 3.8) is 0 Å². The lowest BCUT2D eigenvalue weighted by molar-refractivity contribution is 0.607. The third-order valence-corrected chi connectivity index (χ3v) is 2.63. The summed E-state index contributed by atoms with van der Waals surface area (Å²) in [6, 6.07) is 6.66. The van der Waals surface area contributed by atoms with Crippen LogP contribution in [-0.2, 0) is 0 Å². The number of halogens is 2. The lowest BCUT2D eigenvalue weighted by atomic mass is 10.1. The van der Waals surface area contributed by atoms with Gasteiger partial charge in [0.2, 0.25) is 0 Å². The van der Waals surface area contributed by atoms with Crippen molar-refractivity contribution in [3.05, 3.63) is 44.3 Å². The van der Waals surface area contributed by atoms with Gasteiger partial charge < -0.3 is 0 Å². The summed E-state index contributed by atoms with van der Waals surface area (Å²) < 4.78 is 0. The van der Waals surface area contributed by atoms with Crippen molar-refractivity contribution in [2.45, 2.75) is 12.5 Å². The normalized spacial score (nSPS) is 11.4. The van der Waals surface area contributed by atoms with Gasteiger partial charge in [-0.2, -0.15) is 5.26 Å². The van der Waals surface area contributed by atoms with Gasteiger partial charge in [-0.05, 0) is 42.3 Å². The molecule has 0 spiro atoms. The zero-order valence-electron chi connectivity index (χ0n) is 9.48. The molecule has 0 amide bonds. The Bertz CT molecular complexity index is 470. The van der Waals surface area contributed by atoms with Gasteiger partial charge >= 0.3 is 0 Å². The third-order valence-electron chi connectivity index (χ3n) is 2.19. The topological polar surface area (TPSA) is 84.6 Å².